The van der Waals surface area contributed by atoms with Crippen molar-refractivity contribution < 1.29 is 0 Å². The highest BCUT2D eigenvalue weighted by atomic mass is 32.2. The van der Waals surface area contributed by atoms with E-state index < -0.39 is 0 Å². The molecule has 5 heteroatoms. The fourth-order valence-corrected chi connectivity index (χ4v) is 1.47. The van der Waals surface area contributed by atoms with Gasteiger partial charge >= 0.3 is 0 Å². The van der Waals surface area contributed by atoms with E-state index >= 15 is 0 Å². The Morgan fingerprint density at radius 2 is 2.15 bits per heavy atom. The van der Waals surface area contributed by atoms with Crippen LogP contribution in [-0.2, 0) is 0 Å². The zero-order valence-corrected chi connectivity index (χ0v) is 8.43. The summed E-state index contributed by atoms with van der Waals surface area (Å²) in [7, 11) is 0. The average Bonchev–Trinajstić information content (AvgIpc) is 2.04. The molecular formula is C8H12N4S. The summed E-state index contributed by atoms with van der Waals surface area (Å²) in [6, 6.07) is 0. The second kappa shape index (κ2) is 4.23. The summed E-state index contributed by atoms with van der Waals surface area (Å²) in [4.78, 5) is 8.12. The van der Waals surface area contributed by atoms with Crippen LogP contribution in [0.4, 0.5) is 0 Å². The summed E-state index contributed by atoms with van der Waals surface area (Å²) in [5.41, 5.74) is 5.66. The third-order valence-corrected chi connectivity index (χ3v) is 2.18. The van der Waals surface area contributed by atoms with Gasteiger partial charge < -0.3 is 5.73 Å². The molecule has 0 aromatic carbocycles. The summed E-state index contributed by atoms with van der Waals surface area (Å²) in [6.07, 6.45) is 3.16. The van der Waals surface area contributed by atoms with Gasteiger partial charge in [-0.15, -0.1) is 11.8 Å². The molecule has 1 rings (SSSR count). The van der Waals surface area contributed by atoms with Crippen molar-refractivity contribution in [3.05, 3.63) is 18.1 Å². The predicted octanol–water partition coefficient (Wildman–Crippen LogP) is 1.26. The van der Waals surface area contributed by atoms with Crippen molar-refractivity contribution in [2.75, 3.05) is 0 Å². The maximum absolute atomic E-state index is 7.12. The number of rotatable bonds is 3. The lowest BCUT2D eigenvalue weighted by molar-refractivity contribution is 1.02. The van der Waals surface area contributed by atoms with Crippen LogP contribution in [0.15, 0.2) is 17.4 Å². The molecule has 0 saturated carbocycles. The minimum absolute atomic E-state index is 0.0476. The molecule has 1 aromatic rings. The van der Waals surface area contributed by atoms with Gasteiger partial charge in [-0.3, -0.25) is 5.41 Å². The molecule has 0 spiro atoms. The van der Waals surface area contributed by atoms with Crippen LogP contribution in [-0.4, -0.2) is 21.1 Å². The smallest absolute Gasteiger partial charge is 0.143 e. The fourth-order valence-electron chi connectivity index (χ4n) is 0.758. The summed E-state index contributed by atoms with van der Waals surface area (Å²) in [6.45, 7) is 4.18. The predicted molar refractivity (Wildman–Crippen MR) is 54.0 cm³/mol. The standard InChI is InChI=1S/C8H12N4S/c1-5(2)13-7-4-11-6(3-12-7)8(9)10/h3-5H,1-2H3,(H3,9,10). The molecule has 0 unspecified atom stereocenters. The molecule has 0 atom stereocenters. The van der Waals surface area contributed by atoms with Gasteiger partial charge in [-0.25, -0.2) is 9.97 Å². The molecule has 0 aliphatic heterocycles. The maximum Gasteiger partial charge on any atom is 0.143 e. The Morgan fingerprint density at radius 1 is 1.46 bits per heavy atom. The van der Waals surface area contributed by atoms with Crippen LogP contribution in [0.3, 0.4) is 0 Å². The van der Waals surface area contributed by atoms with Crippen molar-refractivity contribution in [3.8, 4) is 0 Å². The van der Waals surface area contributed by atoms with Crippen LogP contribution >= 0.6 is 11.8 Å². The zero-order valence-electron chi connectivity index (χ0n) is 7.61. The molecule has 0 aliphatic rings. The second-order valence-electron chi connectivity index (χ2n) is 2.82. The van der Waals surface area contributed by atoms with Gasteiger partial charge in [0.2, 0.25) is 0 Å². The minimum Gasteiger partial charge on any atom is -0.382 e. The highest BCUT2D eigenvalue weighted by Crippen LogP contribution is 2.18. The third kappa shape index (κ3) is 3.02. The van der Waals surface area contributed by atoms with E-state index in [1.807, 2.05) is 0 Å². The number of hydrogen-bond acceptors (Lipinski definition) is 4. The summed E-state index contributed by atoms with van der Waals surface area (Å²) >= 11 is 1.63. The van der Waals surface area contributed by atoms with E-state index in [1.54, 1.807) is 18.0 Å². The Labute approximate surface area is 81.5 Å². The molecule has 3 N–H and O–H groups in total. The highest BCUT2D eigenvalue weighted by molar-refractivity contribution is 7.99. The first-order valence-electron chi connectivity index (χ1n) is 3.92. The van der Waals surface area contributed by atoms with Gasteiger partial charge in [0.05, 0.1) is 12.4 Å². The first kappa shape index (κ1) is 9.98. The van der Waals surface area contributed by atoms with E-state index in [0.717, 1.165) is 5.03 Å². The summed E-state index contributed by atoms with van der Waals surface area (Å²) in [5.74, 6) is -0.0476. The lowest BCUT2D eigenvalue weighted by atomic mass is 10.4. The molecule has 13 heavy (non-hydrogen) atoms. The van der Waals surface area contributed by atoms with E-state index in [0.29, 0.717) is 10.9 Å². The molecular weight excluding hydrogens is 184 g/mol. The average molecular weight is 196 g/mol. The molecule has 0 radical (unpaired) electrons. The van der Waals surface area contributed by atoms with Gasteiger partial charge in [-0.1, -0.05) is 13.8 Å². The molecule has 0 saturated heterocycles. The molecule has 1 aromatic heterocycles. The number of thioether (sulfide) groups is 1. The number of hydrogen-bond donors (Lipinski definition) is 2. The van der Waals surface area contributed by atoms with Gasteiger partial charge in [0.1, 0.15) is 16.6 Å². The van der Waals surface area contributed by atoms with Crippen molar-refractivity contribution in [3.63, 3.8) is 0 Å². The van der Waals surface area contributed by atoms with Crippen molar-refractivity contribution >= 4 is 17.6 Å². The second-order valence-corrected chi connectivity index (χ2v) is 4.42. The van der Waals surface area contributed by atoms with E-state index in [2.05, 4.69) is 23.8 Å². The third-order valence-electron chi connectivity index (χ3n) is 1.26. The molecule has 1 heterocycles. The zero-order chi connectivity index (χ0) is 9.84. The van der Waals surface area contributed by atoms with E-state index in [-0.39, 0.29) is 5.84 Å². The Balaban J connectivity index is 2.75. The van der Waals surface area contributed by atoms with Gasteiger partial charge in [0.25, 0.3) is 0 Å². The fraction of sp³-hybridized carbons (Fsp3) is 0.375. The summed E-state index contributed by atoms with van der Waals surface area (Å²) < 4.78 is 0. The normalized spacial score (nSPS) is 10.4. The summed E-state index contributed by atoms with van der Waals surface area (Å²) in [5, 5.41) is 8.46. The molecule has 4 nitrogen and oxygen atoms in total. The largest absolute Gasteiger partial charge is 0.382 e. The monoisotopic (exact) mass is 196 g/mol. The quantitative estimate of drug-likeness (QED) is 0.433. The van der Waals surface area contributed by atoms with Crippen LogP contribution in [0.1, 0.15) is 19.5 Å². The van der Waals surface area contributed by atoms with Gasteiger partial charge in [-0.05, 0) is 0 Å². The van der Waals surface area contributed by atoms with Crippen molar-refractivity contribution in [2.45, 2.75) is 24.1 Å². The van der Waals surface area contributed by atoms with Crippen LogP contribution in [0, 0.1) is 5.41 Å². The van der Waals surface area contributed by atoms with Gasteiger partial charge in [-0.2, -0.15) is 0 Å². The first-order valence-corrected chi connectivity index (χ1v) is 4.80. The van der Waals surface area contributed by atoms with Crippen LogP contribution in [0.5, 0.6) is 0 Å². The topological polar surface area (TPSA) is 75.7 Å². The Morgan fingerprint density at radius 3 is 2.54 bits per heavy atom. The number of aromatic nitrogens is 2. The lowest BCUT2D eigenvalue weighted by Crippen LogP contribution is -2.13. The van der Waals surface area contributed by atoms with E-state index in [1.165, 1.54) is 6.20 Å². The number of nitrogens with one attached hydrogen (secondary N) is 1. The first-order chi connectivity index (χ1) is 6.09. The minimum atomic E-state index is -0.0476. The molecule has 0 amide bonds. The Hall–Kier alpha value is -1.10. The Kier molecular flexibility index (Phi) is 3.25. The van der Waals surface area contributed by atoms with Crippen molar-refractivity contribution in [1.29, 1.82) is 5.41 Å². The lowest BCUT2D eigenvalue weighted by Gasteiger charge is -2.03. The van der Waals surface area contributed by atoms with Crippen molar-refractivity contribution in [1.82, 2.24) is 9.97 Å². The van der Waals surface area contributed by atoms with Crippen LogP contribution in [0.25, 0.3) is 0 Å². The number of amidine groups is 1. The molecule has 70 valence electrons. The van der Waals surface area contributed by atoms with Gasteiger partial charge in [0.15, 0.2) is 0 Å². The molecule has 0 fully saturated rings. The van der Waals surface area contributed by atoms with Gasteiger partial charge in [0, 0.05) is 5.25 Å². The van der Waals surface area contributed by atoms with Crippen molar-refractivity contribution in [2.24, 2.45) is 5.73 Å². The number of nitrogens with zero attached hydrogens (tertiary/aromatic N) is 2. The molecule has 0 aliphatic carbocycles. The molecule has 0 bridgehead atoms. The highest BCUT2D eigenvalue weighted by Gasteiger charge is 2.02. The van der Waals surface area contributed by atoms with E-state index in [4.69, 9.17) is 11.1 Å². The maximum atomic E-state index is 7.12. The Bertz CT molecular complexity index is 294. The van der Waals surface area contributed by atoms with E-state index in [9.17, 15) is 0 Å². The van der Waals surface area contributed by atoms with Crippen LogP contribution in [0.2, 0.25) is 0 Å². The number of nitrogen functional groups attached to an aromatic ring is 1. The van der Waals surface area contributed by atoms with Crippen LogP contribution < -0.4 is 5.73 Å². The SMILES string of the molecule is CC(C)Sc1cnc(C(=N)N)cn1. The number of nitrogens with two attached hydrogens (primary N) is 1.